The van der Waals surface area contributed by atoms with Gasteiger partial charge in [0, 0.05) is 19.3 Å². The number of nitrogens with one attached hydrogen (secondary N) is 2. The molecule has 0 amide bonds. The van der Waals surface area contributed by atoms with E-state index in [0.29, 0.717) is 13.1 Å². The van der Waals surface area contributed by atoms with Crippen LogP contribution in [0.2, 0.25) is 0 Å². The monoisotopic (exact) mass is 276 g/mol. The smallest absolute Gasteiger partial charge is 0.123 e. The lowest BCUT2D eigenvalue weighted by Crippen LogP contribution is -2.32. The molecule has 4 nitrogen and oxygen atoms in total. The van der Waals surface area contributed by atoms with Crippen molar-refractivity contribution in [3.8, 4) is 0 Å². The Kier molecular flexibility index (Phi) is 5.70. The van der Waals surface area contributed by atoms with Crippen LogP contribution in [0.25, 0.3) is 0 Å². The van der Waals surface area contributed by atoms with Gasteiger partial charge in [0.15, 0.2) is 0 Å². The third-order valence-corrected chi connectivity index (χ3v) is 3.09. The lowest BCUT2D eigenvalue weighted by Gasteiger charge is -2.10. The summed E-state index contributed by atoms with van der Waals surface area (Å²) in [6.07, 6.45) is 5.92. The first-order valence-electron chi connectivity index (χ1n) is 6.98. The number of benzene rings is 1. The van der Waals surface area contributed by atoms with Gasteiger partial charge in [-0.2, -0.15) is 0 Å². The summed E-state index contributed by atoms with van der Waals surface area (Å²) in [7, 11) is 0. The molecular formula is C15H21FN4. The zero-order chi connectivity index (χ0) is 14.2. The van der Waals surface area contributed by atoms with Crippen LogP contribution in [0.4, 0.5) is 4.39 Å². The minimum Gasteiger partial charge on any atom is -0.329 e. The van der Waals surface area contributed by atoms with Crippen molar-refractivity contribution >= 4 is 0 Å². The topological polar surface area (TPSA) is 41.9 Å². The highest BCUT2D eigenvalue weighted by atomic mass is 19.1. The molecule has 108 valence electrons. The van der Waals surface area contributed by atoms with E-state index in [4.69, 9.17) is 0 Å². The maximum Gasteiger partial charge on any atom is 0.123 e. The van der Waals surface area contributed by atoms with Gasteiger partial charge < -0.3 is 4.57 Å². The maximum atomic E-state index is 13.2. The van der Waals surface area contributed by atoms with Crippen LogP contribution in [0.15, 0.2) is 36.8 Å². The first-order valence-corrected chi connectivity index (χ1v) is 6.98. The van der Waals surface area contributed by atoms with Gasteiger partial charge in [0.1, 0.15) is 5.82 Å². The second-order valence-electron chi connectivity index (χ2n) is 4.78. The quantitative estimate of drug-likeness (QED) is 0.575. The van der Waals surface area contributed by atoms with E-state index in [2.05, 4.69) is 22.8 Å². The molecule has 0 aliphatic rings. The molecule has 1 aromatic carbocycles. The second kappa shape index (κ2) is 7.77. The van der Waals surface area contributed by atoms with E-state index in [-0.39, 0.29) is 5.82 Å². The summed E-state index contributed by atoms with van der Waals surface area (Å²) in [6, 6.07) is 6.65. The number of hydrogen-bond donors (Lipinski definition) is 2. The Morgan fingerprint density at radius 3 is 3.00 bits per heavy atom. The molecule has 20 heavy (non-hydrogen) atoms. The molecule has 1 aromatic heterocycles. The Morgan fingerprint density at radius 1 is 1.30 bits per heavy atom. The molecule has 0 saturated heterocycles. The highest BCUT2D eigenvalue weighted by Crippen LogP contribution is 2.08. The highest BCUT2D eigenvalue weighted by molar-refractivity contribution is 5.17. The summed E-state index contributed by atoms with van der Waals surface area (Å²) < 4.78 is 15.2. The van der Waals surface area contributed by atoms with E-state index >= 15 is 0 Å². The standard InChI is InChI=1S/C15H21FN4/c1-2-3-7-18-19-10-15-9-17-12-20(15)11-13-5-4-6-14(16)8-13/h4-6,8-9,12,18-19H,2-3,7,10-11H2,1H3. The Hall–Kier alpha value is -1.72. The van der Waals surface area contributed by atoms with Gasteiger partial charge >= 0.3 is 0 Å². The summed E-state index contributed by atoms with van der Waals surface area (Å²) in [5.41, 5.74) is 8.35. The summed E-state index contributed by atoms with van der Waals surface area (Å²) >= 11 is 0. The third kappa shape index (κ3) is 4.43. The van der Waals surface area contributed by atoms with Gasteiger partial charge in [-0.15, -0.1) is 0 Å². The van der Waals surface area contributed by atoms with Crippen molar-refractivity contribution in [2.24, 2.45) is 0 Å². The van der Waals surface area contributed by atoms with Crippen LogP contribution in [0, 0.1) is 5.82 Å². The van der Waals surface area contributed by atoms with Crippen LogP contribution in [-0.2, 0) is 13.1 Å². The van der Waals surface area contributed by atoms with E-state index in [1.807, 2.05) is 16.8 Å². The minimum absolute atomic E-state index is 0.205. The van der Waals surface area contributed by atoms with Crippen molar-refractivity contribution in [1.82, 2.24) is 20.4 Å². The van der Waals surface area contributed by atoms with Crippen LogP contribution in [0.3, 0.4) is 0 Å². The fraction of sp³-hybridized carbons (Fsp3) is 0.400. The zero-order valence-corrected chi connectivity index (χ0v) is 11.8. The van der Waals surface area contributed by atoms with Gasteiger partial charge in [-0.3, -0.25) is 10.9 Å². The molecule has 0 fully saturated rings. The van der Waals surface area contributed by atoms with Crippen molar-refractivity contribution in [2.75, 3.05) is 6.54 Å². The normalized spacial score (nSPS) is 10.9. The highest BCUT2D eigenvalue weighted by Gasteiger charge is 2.03. The number of hydrazine groups is 1. The van der Waals surface area contributed by atoms with E-state index in [1.54, 1.807) is 18.5 Å². The number of nitrogens with zero attached hydrogens (tertiary/aromatic N) is 2. The SMILES string of the molecule is CCCCNNCc1cncn1Cc1cccc(F)c1. The Bertz CT molecular complexity index is 524. The van der Waals surface area contributed by atoms with Crippen LogP contribution in [0.1, 0.15) is 31.0 Å². The predicted molar refractivity (Wildman–Crippen MR) is 77.5 cm³/mol. The lowest BCUT2D eigenvalue weighted by molar-refractivity contribution is 0.503. The molecule has 0 atom stereocenters. The molecule has 2 aromatic rings. The van der Waals surface area contributed by atoms with Gasteiger partial charge in [-0.1, -0.05) is 25.5 Å². The number of halogens is 1. The number of unbranched alkanes of at least 4 members (excludes halogenated alkanes) is 1. The number of rotatable bonds is 8. The van der Waals surface area contributed by atoms with E-state index in [1.165, 1.54) is 12.5 Å². The van der Waals surface area contributed by atoms with Gasteiger partial charge in [0.2, 0.25) is 0 Å². The maximum absolute atomic E-state index is 13.2. The van der Waals surface area contributed by atoms with Gasteiger partial charge in [0.05, 0.1) is 18.6 Å². The van der Waals surface area contributed by atoms with Crippen LogP contribution >= 0.6 is 0 Å². The van der Waals surface area contributed by atoms with Crippen LogP contribution in [-0.4, -0.2) is 16.1 Å². The van der Waals surface area contributed by atoms with E-state index in [9.17, 15) is 4.39 Å². The van der Waals surface area contributed by atoms with Gasteiger partial charge in [0.25, 0.3) is 0 Å². The van der Waals surface area contributed by atoms with E-state index < -0.39 is 0 Å². The molecular weight excluding hydrogens is 255 g/mol. The van der Waals surface area contributed by atoms with Crippen LogP contribution in [0.5, 0.6) is 0 Å². The molecule has 5 heteroatoms. The molecule has 1 heterocycles. The molecule has 2 rings (SSSR count). The van der Waals surface area contributed by atoms with Crippen LogP contribution < -0.4 is 10.9 Å². The first kappa shape index (κ1) is 14.7. The zero-order valence-electron chi connectivity index (χ0n) is 11.8. The number of hydrogen-bond acceptors (Lipinski definition) is 3. The first-order chi connectivity index (χ1) is 9.79. The molecule has 0 radical (unpaired) electrons. The molecule has 2 N–H and O–H groups in total. The average Bonchev–Trinajstić information content (AvgIpc) is 2.86. The van der Waals surface area contributed by atoms with E-state index in [0.717, 1.165) is 24.2 Å². The van der Waals surface area contributed by atoms with Crippen molar-refractivity contribution in [1.29, 1.82) is 0 Å². The predicted octanol–water partition coefficient (Wildman–Crippen LogP) is 2.46. The van der Waals surface area contributed by atoms with Gasteiger partial charge in [-0.25, -0.2) is 9.37 Å². The lowest BCUT2D eigenvalue weighted by atomic mass is 10.2. The molecule has 0 bridgehead atoms. The minimum atomic E-state index is -0.205. The summed E-state index contributed by atoms with van der Waals surface area (Å²) in [5, 5.41) is 0. The van der Waals surface area contributed by atoms with Crippen molar-refractivity contribution in [2.45, 2.75) is 32.9 Å². The second-order valence-corrected chi connectivity index (χ2v) is 4.78. The fourth-order valence-corrected chi connectivity index (χ4v) is 1.98. The molecule has 0 spiro atoms. The van der Waals surface area contributed by atoms with Crippen molar-refractivity contribution in [3.63, 3.8) is 0 Å². The Balaban J connectivity index is 1.88. The molecule has 0 saturated carbocycles. The number of imidazole rings is 1. The third-order valence-electron chi connectivity index (χ3n) is 3.09. The summed E-state index contributed by atoms with van der Waals surface area (Å²) in [4.78, 5) is 4.16. The van der Waals surface area contributed by atoms with Crippen molar-refractivity contribution < 1.29 is 4.39 Å². The van der Waals surface area contributed by atoms with Gasteiger partial charge in [-0.05, 0) is 24.1 Å². The Morgan fingerprint density at radius 2 is 2.20 bits per heavy atom. The molecule has 0 unspecified atom stereocenters. The summed E-state index contributed by atoms with van der Waals surface area (Å²) in [6.45, 7) is 4.44. The average molecular weight is 276 g/mol. The molecule has 0 aliphatic heterocycles. The Labute approximate surface area is 119 Å². The molecule has 0 aliphatic carbocycles. The fourth-order valence-electron chi connectivity index (χ4n) is 1.98. The number of aromatic nitrogens is 2. The largest absolute Gasteiger partial charge is 0.329 e. The summed E-state index contributed by atoms with van der Waals surface area (Å²) in [5.74, 6) is -0.205. The van der Waals surface area contributed by atoms with Crippen molar-refractivity contribution in [3.05, 3.63) is 53.9 Å².